The quantitative estimate of drug-likeness (QED) is 0.847. The van der Waals surface area contributed by atoms with Gasteiger partial charge in [-0.05, 0) is 31.5 Å². The lowest BCUT2D eigenvalue weighted by Crippen LogP contribution is -2.18. The van der Waals surface area contributed by atoms with Crippen LogP contribution in [0, 0.1) is 13.8 Å². The van der Waals surface area contributed by atoms with E-state index in [1.807, 2.05) is 13.8 Å². The summed E-state index contributed by atoms with van der Waals surface area (Å²) in [6, 6.07) is 3.07. The maximum absolute atomic E-state index is 12.1. The minimum atomic E-state index is -0.561. The van der Waals surface area contributed by atoms with Gasteiger partial charge in [0.25, 0.3) is 0 Å². The van der Waals surface area contributed by atoms with Crippen molar-refractivity contribution in [3.8, 4) is 0 Å². The molecule has 8 heteroatoms. The Morgan fingerprint density at radius 2 is 1.92 bits per heavy atom. The largest absolute Gasteiger partial charge is 0.465 e. The number of methoxy groups -OCH3 is 1. The number of hydrogen-bond donors (Lipinski definition) is 1. The normalized spacial score (nSPS) is 9.75. The Hall–Kier alpha value is -2.41. The van der Waals surface area contributed by atoms with Gasteiger partial charge in [-0.25, -0.2) is 9.42 Å². The van der Waals surface area contributed by atoms with Gasteiger partial charge >= 0.3 is 5.97 Å². The number of carbonyl (C=O) groups is 2. The zero-order valence-corrected chi connectivity index (χ0v) is 15.0. The molecule has 0 radical (unpaired) electrons. The second-order valence-electron chi connectivity index (χ2n) is 4.66. The maximum Gasteiger partial charge on any atom is 0.339 e. The topological polar surface area (TPSA) is 94.3 Å². The number of nitrogens with zero attached hydrogens (tertiary/aromatic N) is 2. The number of aromatic nitrogens is 2. The first kappa shape index (κ1) is 19.6. The summed E-state index contributed by atoms with van der Waals surface area (Å²) in [6.07, 6.45) is -0.0263. The van der Waals surface area contributed by atoms with Crippen LogP contribution in [0.2, 0.25) is 5.02 Å². The van der Waals surface area contributed by atoms with Crippen LogP contribution in [0.4, 0.5) is 5.69 Å². The fraction of sp³-hybridized carbons (Fsp3) is 0.375. The summed E-state index contributed by atoms with van der Waals surface area (Å²) in [5, 5.41) is 10.3. The maximum atomic E-state index is 12.1. The van der Waals surface area contributed by atoms with E-state index in [1.54, 1.807) is 19.9 Å². The van der Waals surface area contributed by atoms with Crippen molar-refractivity contribution in [2.24, 2.45) is 0 Å². The van der Waals surface area contributed by atoms with Crippen LogP contribution < -0.4 is 5.32 Å². The van der Waals surface area contributed by atoms with Crippen molar-refractivity contribution in [2.75, 3.05) is 12.4 Å². The molecule has 0 aliphatic heterocycles. The van der Waals surface area contributed by atoms with Gasteiger partial charge in [-0.2, -0.15) is 0 Å². The molecule has 24 heavy (non-hydrogen) atoms. The minimum Gasteiger partial charge on any atom is -0.465 e. The summed E-state index contributed by atoms with van der Waals surface area (Å²) >= 11 is 6.04. The fourth-order valence-electron chi connectivity index (χ4n) is 1.82. The van der Waals surface area contributed by atoms with Crippen LogP contribution in [0.25, 0.3) is 0 Å². The molecule has 0 atom stereocenters. The van der Waals surface area contributed by atoms with Gasteiger partial charge in [-0.3, -0.25) is 4.79 Å². The number of halogens is 1. The predicted molar refractivity (Wildman–Crippen MR) is 90.2 cm³/mol. The van der Waals surface area contributed by atoms with Crippen molar-refractivity contribution in [3.05, 3.63) is 39.7 Å². The van der Waals surface area contributed by atoms with E-state index in [4.69, 9.17) is 16.3 Å². The Morgan fingerprint density at radius 3 is 2.46 bits per heavy atom. The van der Waals surface area contributed by atoms with Crippen molar-refractivity contribution in [3.63, 3.8) is 0 Å². The van der Waals surface area contributed by atoms with Crippen molar-refractivity contribution in [2.45, 2.75) is 34.1 Å². The monoisotopic (exact) mass is 353 g/mol. The number of rotatable bonds is 4. The van der Waals surface area contributed by atoms with E-state index in [9.17, 15) is 9.59 Å². The number of carbonyl (C=O) groups excluding carboxylic acids is 2. The molecule has 7 nitrogen and oxygen atoms in total. The van der Waals surface area contributed by atoms with Crippen molar-refractivity contribution in [1.29, 1.82) is 0 Å². The summed E-state index contributed by atoms with van der Waals surface area (Å²) in [7, 11) is 1.27. The van der Waals surface area contributed by atoms with Gasteiger partial charge in [0.05, 0.1) is 24.8 Å². The summed E-state index contributed by atoms with van der Waals surface area (Å²) in [4.78, 5) is 23.9. The van der Waals surface area contributed by atoms with Crippen molar-refractivity contribution in [1.82, 2.24) is 10.3 Å². The van der Waals surface area contributed by atoms with Gasteiger partial charge in [0.15, 0.2) is 0 Å². The molecule has 0 fully saturated rings. The number of ether oxygens (including phenoxy) is 1. The minimum absolute atomic E-state index is 0.0263. The number of esters is 1. The molecule has 2 rings (SSSR count). The molecular formula is C16H20ClN3O4. The number of amides is 1. The van der Waals surface area contributed by atoms with Gasteiger partial charge in [-0.1, -0.05) is 35.8 Å². The Labute approximate surface area is 145 Å². The molecule has 1 amide bonds. The van der Waals surface area contributed by atoms with Gasteiger partial charge in [-0.15, -0.1) is 0 Å². The highest BCUT2D eigenvalue weighted by molar-refractivity contribution is 6.32. The number of benzene rings is 1. The highest BCUT2D eigenvalue weighted by Crippen LogP contribution is 2.26. The zero-order chi connectivity index (χ0) is 18.3. The predicted octanol–water partition coefficient (Wildman–Crippen LogP) is 3.33. The third kappa shape index (κ3) is 4.79. The first-order valence-electron chi connectivity index (χ1n) is 7.38. The number of hydrogen-bond acceptors (Lipinski definition) is 6. The van der Waals surface area contributed by atoms with Crippen LogP contribution in [0.15, 0.2) is 16.8 Å². The standard InChI is InChI=1S/C14H14ClN3O4.C2H6/c1-7-4-9(14(20)21-3)12(5-10(7)15)16-13(19)6-11-8(2)17-22-18-11;1-2/h4-5H,6H2,1-3H3,(H,16,19);1-2H3. The second kappa shape index (κ2) is 9.02. The Balaban J connectivity index is 0.00000139. The molecule has 1 heterocycles. The molecule has 1 aromatic heterocycles. The second-order valence-corrected chi connectivity index (χ2v) is 5.07. The van der Waals surface area contributed by atoms with E-state index in [0.29, 0.717) is 22.0 Å². The van der Waals surface area contributed by atoms with E-state index >= 15 is 0 Å². The van der Waals surface area contributed by atoms with Crippen molar-refractivity contribution < 1.29 is 19.0 Å². The van der Waals surface area contributed by atoms with Gasteiger partial charge in [0, 0.05) is 5.02 Å². The van der Waals surface area contributed by atoms with Crippen LogP contribution in [0.3, 0.4) is 0 Å². The van der Waals surface area contributed by atoms with Crippen LogP contribution in [-0.2, 0) is 16.0 Å². The molecule has 130 valence electrons. The van der Waals surface area contributed by atoms with E-state index in [2.05, 4.69) is 20.3 Å². The fourth-order valence-corrected chi connectivity index (χ4v) is 1.98. The first-order valence-corrected chi connectivity index (χ1v) is 7.76. The molecule has 0 bridgehead atoms. The lowest BCUT2D eigenvalue weighted by atomic mass is 10.1. The van der Waals surface area contributed by atoms with E-state index < -0.39 is 5.97 Å². The lowest BCUT2D eigenvalue weighted by molar-refractivity contribution is -0.115. The van der Waals surface area contributed by atoms with Gasteiger partial charge in [0.2, 0.25) is 5.91 Å². The average molecular weight is 354 g/mol. The molecule has 1 aromatic carbocycles. The van der Waals surface area contributed by atoms with E-state index in [0.717, 1.165) is 0 Å². The Morgan fingerprint density at radius 1 is 1.25 bits per heavy atom. The summed E-state index contributed by atoms with van der Waals surface area (Å²) < 4.78 is 9.24. The van der Waals surface area contributed by atoms with Crippen LogP contribution >= 0.6 is 11.6 Å². The highest BCUT2D eigenvalue weighted by Gasteiger charge is 2.18. The molecule has 0 aliphatic carbocycles. The van der Waals surface area contributed by atoms with Crippen molar-refractivity contribution >= 4 is 29.2 Å². The lowest BCUT2D eigenvalue weighted by Gasteiger charge is -2.11. The number of nitrogens with one attached hydrogen (secondary N) is 1. The third-order valence-corrected chi connectivity index (χ3v) is 3.46. The summed E-state index contributed by atoms with van der Waals surface area (Å²) in [6.45, 7) is 7.44. The summed E-state index contributed by atoms with van der Waals surface area (Å²) in [5.74, 6) is -0.932. The molecule has 2 aromatic rings. The van der Waals surface area contributed by atoms with Gasteiger partial charge in [0.1, 0.15) is 11.4 Å². The molecule has 0 spiro atoms. The van der Waals surface area contributed by atoms with Gasteiger partial charge < -0.3 is 10.1 Å². The Kier molecular flexibility index (Phi) is 7.38. The average Bonchev–Trinajstić information content (AvgIpc) is 2.96. The molecular weight excluding hydrogens is 334 g/mol. The zero-order valence-electron chi connectivity index (χ0n) is 14.3. The van der Waals surface area contributed by atoms with Crippen LogP contribution in [0.5, 0.6) is 0 Å². The van der Waals surface area contributed by atoms with E-state index in [1.165, 1.54) is 13.2 Å². The molecule has 0 saturated heterocycles. The highest BCUT2D eigenvalue weighted by atomic mass is 35.5. The van der Waals surface area contributed by atoms with Crippen LogP contribution in [0.1, 0.15) is 41.2 Å². The summed E-state index contributed by atoms with van der Waals surface area (Å²) in [5.41, 5.74) is 2.17. The van der Waals surface area contributed by atoms with E-state index in [-0.39, 0.29) is 23.6 Å². The number of anilines is 1. The molecule has 0 unspecified atom stereocenters. The third-order valence-electron chi connectivity index (χ3n) is 3.05. The first-order chi connectivity index (χ1) is 11.4. The smallest absolute Gasteiger partial charge is 0.339 e. The molecule has 1 N–H and O–H groups in total. The Bertz CT molecular complexity index is 728. The van der Waals surface area contributed by atoms with Crippen LogP contribution in [-0.4, -0.2) is 29.3 Å². The number of aryl methyl sites for hydroxylation is 2. The molecule has 0 saturated carbocycles. The SMILES string of the molecule is CC.COC(=O)c1cc(C)c(Cl)cc1NC(=O)Cc1nonc1C. The molecule has 0 aliphatic rings.